The topological polar surface area (TPSA) is 68.3 Å². The second kappa shape index (κ2) is 5.87. The number of hydrogen-bond acceptors (Lipinski definition) is 3. The molecule has 0 bridgehead atoms. The third-order valence-electron chi connectivity index (χ3n) is 3.24. The molecular weight excluding hydrogens is 216 g/mol. The van der Waals surface area contributed by atoms with Gasteiger partial charge in [-0.15, -0.1) is 0 Å². The van der Waals surface area contributed by atoms with Gasteiger partial charge in [0.15, 0.2) is 0 Å². The van der Waals surface area contributed by atoms with Crippen molar-refractivity contribution in [2.45, 2.75) is 39.7 Å². The van der Waals surface area contributed by atoms with Crippen molar-refractivity contribution in [2.24, 2.45) is 11.1 Å². The van der Waals surface area contributed by atoms with Crippen LogP contribution in [0.1, 0.15) is 33.0 Å². The number of nitrogens with two attached hydrogens (primary N) is 1. The summed E-state index contributed by atoms with van der Waals surface area (Å²) in [6.45, 7) is 6.20. The first-order valence-corrected chi connectivity index (χ1v) is 6.05. The largest absolute Gasteiger partial charge is 0.469 e. The zero-order valence-corrected chi connectivity index (χ0v) is 10.8. The van der Waals surface area contributed by atoms with Crippen LogP contribution in [0.2, 0.25) is 0 Å². The van der Waals surface area contributed by atoms with Gasteiger partial charge in [0.25, 0.3) is 0 Å². The van der Waals surface area contributed by atoms with E-state index in [1.807, 2.05) is 32.9 Å². The normalized spacial score (nSPS) is 16.2. The van der Waals surface area contributed by atoms with Crippen molar-refractivity contribution in [1.29, 1.82) is 0 Å². The fourth-order valence-corrected chi connectivity index (χ4v) is 1.58. The minimum atomic E-state index is -0.475. The Balaban J connectivity index is 2.51. The molecule has 1 amide bonds. The summed E-state index contributed by atoms with van der Waals surface area (Å²) in [7, 11) is 0. The Morgan fingerprint density at radius 3 is 2.82 bits per heavy atom. The highest BCUT2D eigenvalue weighted by Crippen LogP contribution is 2.19. The van der Waals surface area contributed by atoms with E-state index in [9.17, 15) is 4.79 Å². The molecule has 1 aromatic heterocycles. The molecule has 0 saturated carbocycles. The standard InChI is InChI=1S/C13H22N2O2/c1-4-13(3,9-14)12(16)15-10(2)8-11-6-5-7-17-11/h5-7,10H,4,8-9,14H2,1-3H3,(H,15,16). The molecule has 0 aliphatic carbocycles. The Hall–Kier alpha value is -1.29. The minimum Gasteiger partial charge on any atom is -0.469 e. The molecule has 1 heterocycles. The molecule has 4 heteroatoms. The maximum absolute atomic E-state index is 12.0. The van der Waals surface area contributed by atoms with E-state index in [1.54, 1.807) is 6.26 Å². The number of carbonyl (C=O) groups is 1. The number of carbonyl (C=O) groups excluding carboxylic acids is 1. The van der Waals surface area contributed by atoms with Crippen LogP contribution in [-0.2, 0) is 11.2 Å². The molecule has 0 aliphatic heterocycles. The van der Waals surface area contributed by atoms with E-state index in [1.165, 1.54) is 0 Å². The highest BCUT2D eigenvalue weighted by molar-refractivity contribution is 5.82. The van der Waals surface area contributed by atoms with Crippen molar-refractivity contribution in [2.75, 3.05) is 6.54 Å². The van der Waals surface area contributed by atoms with Gasteiger partial charge in [-0.2, -0.15) is 0 Å². The van der Waals surface area contributed by atoms with Crippen LogP contribution in [0.15, 0.2) is 22.8 Å². The first-order valence-electron chi connectivity index (χ1n) is 6.05. The molecule has 0 aliphatic rings. The smallest absolute Gasteiger partial charge is 0.227 e. The maximum Gasteiger partial charge on any atom is 0.227 e. The van der Waals surface area contributed by atoms with Crippen LogP contribution in [0.3, 0.4) is 0 Å². The second-order valence-corrected chi connectivity index (χ2v) is 4.78. The lowest BCUT2D eigenvalue weighted by Crippen LogP contribution is -2.47. The van der Waals surface area contributed by atoms with Gasteiger partial charge in [0, 0.05) is 19.0 Å². The second-order valence-electron chi connectivity index (χ2n) is 4.78. The number of hydrogen-bond donors (Lipinski definition) is 2. The molecule has 3 N–H and O–H groups in total. The van der Waals surface area contributed by atoms with Crippen LogP contribution in [0.25, 0.3) is 0 Å². The fraction of sp³-hybridized carbons (Fsp3) is 0.615. The zero-order chi connectivity index (χ0) is 12.9. The summed E-state index contributed by atoms with van der Waals surface area (Å²) in [6, 6.07) is 3.80. The quantitative estimate of drug-likeness (QED) is 0.792. The molecule has 0 fully saturated rings. The van der Waals surface area contributed by atoms with Gasteiger partial charge in [0.05, 0.1) is 11.7 Å². The van der Waals surface area contributed by atoms with Crippen molar-refractivity contribution in [1.82, 2.24) is 5.32 Å². The predicted octanol–water partition coefficient (Wildman–Crippen LogP) is 1.70. The Morgan fingerprint density at radius 2 is 2.35 bits per heavy atom. The Kier molecular flexibility index (Phi) is 4.75. The molecule has 1 aromatic rings. The van der Waals surface area contributed by atoms with E-state index in [0.29, 0.717) is 13.0 Å². The van der Waals surface area contributed by atoms with E-state index in [2.05, 4.69) is 5.32 Å². The molecule has 0 radical (unpaired) electrons. The highest BCUT2D eigenvalue weighted by atomic mass is 16.3. The van der Waals surface area contributed by atoms with Gasteiger partial charge in [-0.1, -0.05) is 6.92 Å². The lowest BCUT2D eigenvalue weighted by atomic mass is 9.86. The Labute approximate surface area is 103 Å². The first-order chi connectivity index (χ1) is 8.01. The summed E-state index contributed by atoms with van der Waals surface area (Å²) < 4.78 is 5.25. The SMILES string of the molecule is CCC(C)(CN)C(=O)NC(C)Cc1ccco1. The van der Waals surface area contributed by atoms with Crippen LogP contribution in [0.4, 0.5) is 0 Å². The van der Waals surface area contributed by atoms with Gasteiger partial charge < -0.3 is 15.5 Å². The number of nitrogens with one attached hydrogen (secondary N) is 1. The molecule has 0 saturated heterocycles. The van der Waals surface area contributed by atoms with Gasteiger partial charge in [0.2, 0.25) is 5.91 Å². The van der Waals surface area contributed by atoms with E-state index < -0.39 is 5.41 Å². The summed E-state index contributed by atoms with van der Waals surface area (Å²) in [5.74, 6) is 0.894. The van der Waals surface area contributed by atoms with Crippen LogP contribution in [-0.4, -0.2) is 18.5 Å². The van der Waals surface area contributed by atoms with Crippen LogP contribution < -0.4 is 11.1 Å². The maximum atomic E-state index is 12.0. The van der Waals surface area contributed by atoms with Crippen LogP contribution >= 0.6 is 0 Å². The van der Waals surface area contributed by atoms with Crippen LogP contribution in [0, 0.1) is 5.41 Å². The summed E-state index contributed by atoms with van der Waals surface area (Å²) in [5.41, 5.74) is 5.18. The van der Waals surface area contributed by atoms with Crippen molar-refractivity contribution >= 4 is 5.91 Å². The first kappa shape index (κ1) is 13.8. The number of rotatable bonds is 6. The molecule has 4 nitrogen and oxygen atoms in total. The van der Waals surface area contributed by atoms with E-state index in [-0.39, 0.29) is 11.9 Å². The van der Waals surface area contributed by atoms with E-state index in [0.717, 1.165) is 12.2 Å². The van der Waals surface area contributed by atoms with Crippen molar-refractivity contribution in [3.63, 3.8) is 0 Å². The summed E-state index contributed by atoms with van der Waals surface area (Å²) in [4.78, 5) is 12.0. The Morgan fingerprint density at radius 1 is 1.65 bits per heavy atom. The summed E-state index contributed by atoms with van der Waals surface area (Å²) in [6.07, 6.45) is 3.08. The molecule has 96 valence electrons. The van der Waals surface area contributed by atoms with Crippen molar-refractivity contribution in [3.8, 4) is 0 Å². The van der Waals surface area contributed by atoms with Crippen molar-refractivity contribution < 1.29 is 9.21 Å². The third kappa shape index (κ3) is 3.60. The fourth-order valence-electron chi connectivity index (χ4n) is 1.58. The van der Waals surface area contributed by atoms with Gasteiger partial charge in [0.1, 0.15) is 5.76 Å². The van der Waals surface area contributed by atoms with Gasteiger partial charge in [-0.3, -0.25) is 4.79 Å². The molecule has 17 heavy (non-hydrogen) atoms. The zero-order valence-electron chi connectivity index (χ0n) is 10.8. The molecular formula is C13H22N2O2. The molecule has 1 rings (SSSR count). The lowest BCUT2D eigenvalue weighted by Gasteiger charge is -2.27. The van der Waals surface area contributed by atoms with Gasteiger partial charge >= 0.3 is 0 Å². The van der Waals surface area contributed by atoms with Gasteiger partial charge in [-0.25, -0.2) is 0 Å². The summed E-state index contributed by atoms with van der Waals surface area (Å²) >= 11 is 0. The monoisotopic (exact) mass is 238 g/mol. The molecule has 2 unspecified atom stereocenters. The van der Waals surface area contributed by atoms with E-state index >= 15 is 0 Å². The average molecular weight is 238 g/mol. The molecule has 0 aromatic carbocycles. The number of amides is 1. The van der Waals surface area contributed by atoms with E-state index in [4.69, 9.17) is 10.2 Å². The Bertz CT molecular complexity index is 342. The third-order valence-corrected chi connectivity index (χ3v) is 3.24. The average Bonchev–Trinajstić information content (AvgIpc) is 2.80. The lowest BCUT2D eigenvalue weighted by molar-refractivity contribution is -0.130. The van der Waals surface area contributed by atoms with Gasteiger partial charge in [-0.05, 0) is 32.4 Å². The van der Waals surface area contributed by atoms with Crippen LogP contribution in [0.5, 0.6) is 0 Å². The summed E-state index contributed by atoms with van der Waals surface area (Å²) in [5, 5.41) is 2.98. The molecule has 2 atom stereocenters. The minimum absolute atomic E-state index is 0.0153. The van der Waals surface area contributed by atoms with Crippen molar-refractivity contribution in [3.05, 3.63) is 24.2 Å². The number of furan rings is 1. The molecule has 0 spiro atoms. The predicted molar refractivity (Wildman–Crippen MR) is 67.5 cm³/mol. The highest BCUT2D eigenvalue weighted by Gasteiger charge is 2.30.